The van der Waals surface area contributed by atoms with Gasteiger partial charge < -0.3 is 9.47 Å². The summed E-state index contributed by atoms with van der Waals surface area (Å²) < 4.78 is 133. The number of aryl methyl sites for hydroxylation is 1. The minimum Gasteiger partial charge on any atom is -0.465 e. The monoisotopic (exact) mass is 731 g/mol. The van der Waals surface area contributed by atoms with Crippen LogP contribution in [-0.4, -0.2) is 48.6 Å². The van der Waals surface area contributed by atoms with E-state index in [0.717, 1.165) is 23.1 Å². The van der Waals surface area contributed by atoms with Crippen LogP contribution in [0.1, 0.15) is 40.4 Å². The van der Waals surface area contributed by atoms with E-state index in [2.05, 4.69) is 0 Å². The SMILES string of the molecule is COC(=O)c1ccc(-c2ccc(Cl)c(-c3ccc(C(F)(F)F)cc3CN3C(=O)O[C@H](C4=CC(C(F)(F)F)CC(C(F)(F)F)=C4)[C@@H]3C)c2)c(C)c1. The van der Waals surface area contributed by atoms with Gasteiger partial charge in [0.25, 0.3) is 0 Å². The van der Waals surface area contributed by atoms with Crippen molar-refractivity contribution in [3.63, 3.8) is 0 Å². The lowest BCUT2D eigenvalue weighted by Gasteiger charge is -2.28. The molecule has 3 aromatic rings. The summed E-state index contributed by atoms with van der Waals surface area (Å²) in [7, 11) is 1.23. The van der Waals surface area contributed by atoms with Crippen LogP contribution in [0.2, 0.25) is 5.02 Å². The number of carbonyl (C=O) groups excluding carboxylic acids is 2. The lowest BCUT2D eigenvalue weighted by atomic mass is 9.86. The fraction of sp³-hybridized carbons (Fsp3) is 0.314. The Morgan fingerprint density at radius 1 is 0.920 bits per heavy atom. The molecule has 0 bridgehead atoms. The Bertz CT molecular complexity index is 1900. The standard InChI is InChI=1S/C35H27ClF9NO4/c1-17-10-20(31(47)49-3)4-7-26(17)19-5-9-29(36)28(14-19)27-8-6-23(33(37,38)39)13-22(27)16-46-18(2)30(50-32(46)48)21-11-24(34(40,41)42)15-25(12-21)35(43,44)45/h4-14,18,24,30H,15-16H2,1-3H3/t18-,24?,30-/m0/s1. The second-order valence-electron chi connectivity index (χ2n) is 11.9. The van der Waals surface area contributed by atoms with Gasteiger partial charge in [0, 0.05) is 16.2 Å². The summed E-state index contributed by atoms with van der Waals surface area (Å²) in [4.78, 5) is 26.0. The smallest absolute Gasteiger partial charge is 0.416 e. The number of methoxy groups -OCH3 is 1. The molecule has 1 aliphatic carbocycles. The van der Waals surface area contributed by atoms with Crippen molar-refractivity contribution in [2.45, 2.75) is 57.5 Å². The van der Waals surface area contributed by atoms with Gasteiger partial charge in [0.2, 0.25) is 0 Å². The van der Waals surface area contributed by atoms with Crippen molar-refractivity contribution in [3.8, 4) is 22.3 Å². The van der Waals surface area contributed by atoms with Gasteiger partial charge in [-0.3, -0.25) is 4.90 Å². The van der Waals surface area contributed by atoms with Gasteiger partial charge in [0.15, 0.2) is 0 Å². The van der Waals surface area contributed by atoms with E-state index in [1.165, 1.54) is 26.2 Å². The van der Waals surface area contributed by atoms with E-state index < -0.39 is 78.3 Å². The summed E-state index contributed by atoms with van der Waals surface area (Å²) in [5.41, 5.74) is -0.490. The average molecular weight is 732 g/mol. The summed E-state index contributed by atoms with van der Waals surface area (Å²) in [6.07, 6.45) is -17.9. The molecule has 0 aromatic heterocycles. The number of alkyl halides is 9. The lowest BCUT2D eigenvalue weighted by molar-refractivity contribution is -0.166. The maximum absolute atomic E-state index is 13.9. The number of benzene rings is 3. The fourth-order valence-corrected chi connectivity index (χ4v) is 6.28. The van der Waals surface area contributed by atoms with Crippen molar-refractivity contribution < 1.29 is 58.6 Å². The van der Waals surface area contributed by atoms with Crippen molar-refractivity contribution in [2.24, 2.45) is 5.92 Å². The second-order valence-corrected chi connectivity index (χ2v) is 12.4. The average Bonchev–Trinajstić information content (AvgIpc) is 3.31. The van der Waals surface area contributed by atoms with E-state index >= 15 is 0 Å². The lowest BCUT2D eigenvalue weighted by Crippen LogP contribution is -2.36. The Balaban J connectivity index is 1.55. The largest absolute Gasteiger partial charge is 0.465 e. The van der Waals surface area contributed by atoms with E-state index in [0.29, 0.717) is 34.4 Å². The molecule has 0 N–H and O–H groups in total. The Hall–Kier alpha value is -4.46. The number of carbonyl (C=O) groups is 2. The minimum atomic E-state index is -5.09. The molecule has 2 aliphatic rings. The molecule has 1 aliphatic heterocycles. The third kappa shape index (κ3) is 7.49. The molecule has 1 fully saturated rings. The van der Waals surface area contributed by atoms with E-state index in [9.17, 15) is 49.1 Å². The number of cyclic esters (lactones) is 1. The normalized spacial score (nSPS) is 20.0. The third-order valence-corrected chi connectivity index (χ3v) is 9.00. The van der Waals surface area contributed by atoms with Crippen LogP contribution < -0.4 is 0 Å². The van der Waals surface area contributed by atoms with Gasteiger partial charge in [0.1, 0.15) is 6.10 Å². The highest BCUT2D eigenvalue weighted by Crippen LogP contribution is 2.44. The molecular formula is C35H27ClF9NO4. The van der Waals surface area contributed by atoms with Crippen molar-refractivity contribution in [1.82, 2.24) is 4.90 Å². The number of rotatable bonds is 6. The zero-order valence-corrected chi connectivity index (χ0v) is 27.1. The summed E-state index contributed by atoms with van der Waals surface area (Å²) in [5.74, 6) is -3.05. The van der Waals surface area contributed by atoms with E-state index in [1.54, 1.807) is 31.2 Å². The molecule has 1 heterocycles. The van der Waals surface area contributed by atoms with Crippen LogP contribution in [0, 0.1) is 12.8 Å². The third-order valence-electron chi connectivity index (χ3n) is 8.67. The molecular weight excluding hydrogens is 705 g/mol. The first kappa shape index (κ1) is 36.8. The molecule has 1 unspecified atom stereocenters. The van der Waals surface area contributed by atoms with Gasteiger partial charge >= 0.3 is 30.6 Å². The summed E-state index contributed by atoms with van der Waals surface area (Å²) >= 11 is 6.56. The first-order valence-corrected chi connectivity index (χ1v) is 15.3. The Morgan fingerprint density at radius 3 is 2.20 bits per heavy atom. The number of ether oxygens (including phenoxy) is 2. The molecule has 1 amide bonds. The van der Waals surface area contributed by atoms with Crippen LogP contribution in [0.3, 0.4) is 0 Å². The molecule has 3 atom stereocenters. The molecule has 5 nitrogen and oxygen atoms in total. The van der Waals surface area contributed by atoms with Gasteiger partial charge in [-0.05, 0) is 96.1 Å². The van der Waals surface area contributed by atoms with Crippen LogP contribution in [0.25, 0.3) is 22.3 Å². The van der Waals surface area contributed by atoms with E-state index in [-0.39, 0.29) is 21.7 Å². The Labute approximate surface area is 284 Å². The van der Waals surface area contributed by atoms with Crippen LogP contribution in [-0.2, 0) is 22.2 Å². The maximum Gasteiger partial charge on any atom is 0.416 e. The van der Waals surface area contributed by atoms with Crippen LogP contribution in [0.15, 0.2) is 77.9 Å². The number of esters is 1. The molecule has 0 spiro atoms. The van der Waals surface area contributed by atoms with Crippen molar-refractivity contribution in [3.05, 3.63) is 105 Å². The molecule has 1 saturated heterocycles. The van der Waals surface area contributed by atoms with Crippen LogP contribution in [0.5, 0.6) is 0 Å². The number of allylic oxidation sites excluding steroid dienone is 2. The van der Waals surface area contributed by atoms with Gasteiger partial charge in [-0.25, -0.2) is 9.59 Å². The first-order chi connectivity index (χ1) is 23.2. The van der Waals surface area contributed by atoms with Gasteiger partial charge in [-0.2, -0.15) is 39.5 Å². The molecule has 0 radical (unpaired) electrons. The summed E-state index contributed by atoms with van der Waals surface area (Å²) in [5, 5.41) is 0.129. The highest BCUT2D eigenvalue weighted by molar-refractivity contribution is 6.33. The topological polar surface area (TPSA) is 55.8 Å². The predicted molar refractivity (Wildman–Crippen MR) is 165 cm³/mol. The van der Waals surface area contributed by atoms with Crippen LogP contribution >= 0.6 is 11.6 Å². The molecule has 50 heavy (non-hydrogen) atoms. The number of hydrogen-bond donors (Lipinski definition) is 0. The Kier molecular flexibility index (Phi) is 9.83. The maximum atomic E-state index is 13.9. The number of hydrogen-bond acceptors (Lipinski definition) is 4. The molecule has 15 heteroatoms. The molecule has 0 saturated carbocycles. The summed E-state index contributed by atoms with van der Waals surface area (Å²) in [6, 6.07) is 11.2. The zero-order chi connectivity index (χ0) is 36.9. The van der Waals surface area contributed by atoms with Gasteiger partial charge in [0.05, 0.1) is 36.7 Å². The predicted octanol–water partition coefficient (Wildman–Crippen LogP) is 10.5. The number of amides is 1. The minimum absolute atomic E-state index is 0.0709. The highest BCUT2D eigenvalue weighted by atomic mass is 35.5. The van der Waals surface area contributed by atoms with Crippen molar-refractivity contribution in [2.75, 3.05) is 7.11 Å². The zero-order valence-electron chi connectivity index (χ0n) is 26.4. The van der Waals surface area contributed by atoms with Gasteiger partial charge in [-0.15, -0.1) is 0 Å². The quantitative estimate of drug-likeness (QED) is 0.187. The molecule has 266 valence electrons. The molecule has 5 rings (SSSR count). The van der Waals surface area contributed by atoms with Crippen LogP contribution in [0.4, 0.5) is 44.3 Å². The fourth-order valence-electron chi connectivity index (χ4n) is 6.06. The second kappa shape index (κ2) is 13.3. The summed E-state index contributed by atoms with van der Waals surface area (Å²) in [6.45, 7) is 2.49. The van der Waals surface area contributed by atoms with Crippen molar-refractivity contribution in [1.29, 1.82) is 0 Å². The molecule has 3 aromatic carbocycles. The van der Waals surface area contributed by atoms with E-state index in [1.807, 2.05) is 0 Å². The van der Waals surface area contributed by atoms with E-state index in [4.69, 9.17) is 21.1 Å². The van der Waals surface area contributed by atoms with Crippen molar-refractivity contribution >= 4 is 23.7 Å². The Morgan fingerprint density at radius 2 is 1.60 bits per heavy atom. The number of halogens is 10. The highest BCUT2D eigenvalue weighted by Gasteiger charge is 2.48. The first-order valence-electron chi connectivity index (χ1n) is 14.9. The van der Waals surface area contributed by atoms with Gasteiger partial charge in [-0.1, -0.05) is 35.9 Å². The number of nitrogens with zero attached hydrogens (tertiary/aromatic N) is 1.